The standard InChI is InChI=1S/C25H25FN4O5/c1-4-16-11-21(31)30(29-22(16)18-9-10-19(26)24(34-3)23(18)33-2)13-15-5-7-17(8-6-15)28-25(32)20-12-27-14-35-20/h5-10,12,14,16H,4,11,13H2,1-3H3,(H,28,32). The molecule has 1 aliphatic heterocycles. The van der Waals surface area contributed by atoms with Gasteiger partial charge < -0.3 is 19.2 Å². The highest BCUT2D eigenvalue weighted by atomic mass is 19.1. The van der Waals surface area contributed by atoms with Crippen LogP contribution in [0.5, 0.6) is 11.5 Å². The number of ether oxygens (including phenoxy) is 2. The number of benzene rings is 2. The summed E-state index contributed by atoms with van der Waals surface area (Å²) >= 11 is 0. The molecular weight excluding hydrogens is 455 g/mol. The Bertz CT molecular complexity index is 1240. The molecule has 0 spiro atoms. The van der Waals surface area contributed by atoms with Crippen LogP contribution < -0.4 is 14.8 Å². The molecule has 0 saturated heterocycles. The highest BCUT2D eigenvalue weighted by molar-refractivity contribution is 6.08. The van der Waals surface area contributed by atoms with Gasteiger partial charge in [0.1, 0.15) is 0 Å². The van der Waals surface area contributed by atoms with Crippen LogP contribution in [-0.2, 0) is 11.3 Å². The molecule has 0 fully saturated rings. The number of amides is 2. The number of aromatic nitrogens is 1. The predicted molar refractivity (Wildman–Crippen MR) is 126 cm³/mol. The normalized spacial score (nSPS) is 15.5. The highest BCUT2D eigenvalue weighted by Gasteiger charge is 2.32. The molecule has 2 amide bonds. The fourth-order valence-electron chi connectivity index (χ4n) is 3.94. The minimum atomic E-state index is -0.541. The molecule has 10 heteroatoms. The number of oxazole rings is 1. The van der Waals surface area contributed by atoms with Crippen LogP contribution in [0.25, 0.3) is 0 Å². The Balaban J connectivity index is 1.58. The van der Waals surface area contributed by atoms with Crippen molar-refractivity contribution in [3.05, 3.63) is 71.7 Å². The van der Waals surface area contributed by atoms with E-state index in [0.717, 1.165) is 5.56 Å². The molecule has 0 bridgehead atoms. The third-order valence-corrected chi connectivity index (χ3v) is 5.77. The van der Waals surface area contributed by atoms with Gasteiger partial charge in [0.05, 0.1) is 32.7 Å². The van der Waals surface area contributed by atoms with Crippen LogP contribution in [0, 0.1) is 11.7 Å². The number of halogens is 1. The minimum absolute atomic E-state index is 0.00558. The molecule has 2 aromatic carbocycles. The smallest absolute Gasteiger partial charge is 0.293 e. The van der Waals surface area contributed by atoms with Crippen LogP contribution >= 0.6 is 0 Å². The Hall–Kier alpha value is -4.21. The minimum Gasteiger partial charge on any atom is -0.492 e. The quantitative estimate of drug-likeness (QED) is 0.517. The fourth-order valence-corrected chi connectivity index (χ4v) is 3.94. The van der Waals surface area contributed by atoms with Gasteiger partial charge in [0.15, 0.2) is 23.7 Å². The van der Waals surface area contributed by atoms with E-state index in [0.29, 0.717) is 23.4 Å². The van der Waals surface area contributed by atoms with Crippen molar-refractivity contribution in [3.63, 3.8) is 0 Å². The first kappa shape index (κ1) is 23.9. The Labute approximate surface area is 201 Å². The molecule has 182 valence electrons. The number of hydrazone groups is 1. The predicted octanol–water partition coefficient (Wildman–Crippen LogP) is 4.25. The molecule has 0 saturated carbocycles. The molecule has 1 aliphatic rings. The summed E-state index contributed by atoms with van der Waals surface area (Å²) in [5.41, 5.74) is 2.61. The maximum Gasteiger partial charge on any atom is 0.293 e. The van der Waals surface area contributed by atoms with E-state index in [1.807, 2.05) is 6.92 Å². The average molecular weight is 480 g/mol. The van der Waals surface area contributed by atoms with Crippen molar-refractivity contribution in [2.75, 3.05) is 19.5 Å². The molecule has 1 aromatic heterocycles. The molecule has 0 radical (unpaired) electrons. The first-order chi connectivity index (χ1) is 16.9. The number of methoxy groups -OCH3 is 2. The number of rotatable bonds is 8. The summed E-state index contributed by atoms with van der Waals surface area (Å²) < 4.78 is 29.9. The van der Waals surface area contributed by atoms with E-state index in [1.54, 1.807) is 30.3 Å². The summed E-state index contributed by atoms with van der Waals surface area (Å²) in [6.45, 7) is 2.21. The molecule has 4 rings (SSSR count). The molecule has 35 heavy (non-hydrogen) atoms. The first-order valence-corrected chi connectivity index (χ1v) is 11.0. The largest absolute Gasteiger partial charge is 0.492 e. The van der Waals surface area contributed by atoms with Crippen LogP contribution in [0.2, 0.25) is 0 Å². The zero-order chi connectivity index (χ0) is 24.9. The van der Waals surface area contributed by atoms with Crippen molar-refractivity contribution in [1.29, 1.82) is 0 Å². The van der Waals surface area contributed by atoms with E-state index < -0.39 is 11.7 Å². The van der Waals surface area contributed by atoms with Gasteiger partial charge in [0, 0.05) is 23.6 Å². The fraction of sp³-hybridized carbons (Fsp3) is 0.280. The number of nitrogens with zero attached hydrogens (tertiary/aromatic N) is 3. The third-order valence-electron chi connectivity index (χ3n) is 5.77. The van der Waals surface area contributed by atoms with Crippen LogP contribution in [0.4, 0.5) is 10.1 Å². The summed E-state index contributed by atoms with van der Waals surface area (Å²) in [5, 5.41) is 8.77. The average Bonchev–Trinajstić information content (AvgIpc) is 3.41. The van der Waals surface area contributed by atoms with E-state index in [1.165, 1.54) is 37.9 Å². The highest BCUT2D eigenvalue weighted by Crippen LogP contribution is 2.37. The molecule has 1 N–H and O–H groups in total. The molecule has 3 aromatic rings. The van der Waals surface area contributed by atoms with Gasteiger partial charge in [0.25, 0.3) is 5.91 Å². The maximum absolute atomic E-state index is 14.2. The lowest BCUT2D eigenvalue weighted by molar-refractivity contribution is -0.133. The topological polar surface area (TPSA) is 106 Å². The second kappa shape index (κ2) is 10.4. The molecule has 2 heterocycles. The van der Waals surface area contributed by atoms with E-state index in [4.69, 9.17) is 13.9 Å². The van der Waals surface area contributed by atoms with Gasteiger partial charge in [0.2, 0.25) is 11.7 Å². The Morgan fingerprint density at radius 1 is 1.17 bits per heavy atom. The zero-order valence-electron chi connectivity index (χ0n) is 19.6. The van der Waals surface area contributed by atoms with Gasteiger partial charge >= 0.3 is 0 Å². The van der Waals surface area contributed by atoms with Crippen LogP contribution in [0.1, 0.15) is 41.4 Å². The second-order valence-electron chi connectivity index (χ2n) is 7.92. The maximum atomic E-state index is 14.2. The van der Waals surface area contributed by atoms with Crippen molar-refractivity contribution in [3.8, 4) is 11.5 Å². The number of carbonyl (C=O) groups is 2. The van der Waals surface area contributed by atoms with Gasteiger partial charge in [-0.2, -0.15) is 5.10 Å². The van der Waals surface area contributed by atoms with E-state index >= 15 is 0 Å². The number of hydrogen-bond acceptors (Lipinski definition) is 7. The Kier molecular flexibility index (Phi) is 7.09. The van der Waals surface area contributed by atoms with Gasteiger partial charge in [-0.1, -0.05) is 19.1 Å². The number of nitrogens with one attached hydrogen (secondary N) is 1. The SMILES string of the molecule is CCC1CC(=O)N(Cc2ccc(NC(=O)c3cnco3)cc2)N=C1c1ccc(F)c(OC)c1OC. The summed E-state index contributed by atoms with van der Waals surface area (Å²) in [6.07, 6.45) is 3.46. The Morgan fingerprint density at radius 2 is 1.91 bits per heavy atom. The van der Waals surface area contributed by atoms with Crippen molar-refractivity contribution in [1.82, 2.24) is 9.99 Å². The second-order valence-corrected chi connectivity index (χ2v) is 7.92. The number of carbonyl (C=O) groups excluding carboxylic acids is 2. The molecule has 0 aliphatic carbocycles. The van der Waals surface area contributed by atoms with Gasteiger partial charge in [-0.3, -0.25) is 9.59 Å². The van der Waals surface area contributed by atoms with Crippen molar-refractivity contribution >= 4 is 23.2 Å². The van der Waals surface area contributed by atoms with E-state index in [-0.39, 0.29) is 42.0 Å². The molecular formula is C25H25FN4O5. The monoisotopic (exact) mass is 480 g/mol. The van der Waals surface area contributed by atoms with Crippen LogP contribution in [0.3, 0.4) is 0 Å². The number of hydrogen-bond donors (Lipinski definition) is 1. The van der Waals surface area contributed by atoms with E-state index in [9.17, 15) is 14.0 Å². The molecule has 1 unspecified atom stereocenters. The summed E-state index contributed by atoms with van der Waals surface area (Å²) in [6, 6.07) is 9.95. The molecule has 9 nitrogen and oxygen atoms in total. The lowest BCUT2D eigenvalue weighted by Crippen LogP contribution is -2.37. The molecule has 1 atom stereocenters. The van der Waals surface area contributed by atoms with Crippen molar-refractivity contribution < 1.29 is 27.9 Å². The lowest BCUT2D eigenvalue weighted by Gasteiger charge is -2.30. The summed E-state index contributed by atoms with van der Waals surface area (Å²) in [4.78, 5) is 28.7. The number of anilines is 1. The summed E-state index contributed by atoms with van der Waals surface area (Å²) in [7, 11) is 2.81. The van der Waals surface area contributed by atoms with Gasteiger partial charge in [-0.05, 0) is 36.2 Å². The van der Waals surface area contributed by atoms with Crippen molar-refractivity contribution in [2.24, 2.45) is 11.0 Å². The van der Waals surface area contributed by atoms with E-state index in [2.05, 4.69) is 15.4 Å². The zero-order valence-corrected chi connectivity index (χ0v) is 19.6. The van der Waals surface area contributed by atoms with Gasteiger partial charge in [-0.15, -0.1) is 0 Å². The van der Waals surface area contributed by atoms with Gasteiger partial charge in [-0.25, -0.2) is 14.4 Å². The van der Waals surface area contributed by atoms with Crippen LogP contribution in [0.15, 0.2) is 58.5 Å². The van der Waals surface area contributed by atoms with Crippen molar-refractivity contribution in [2.45, 2.75) is 26.3 Å². The lowest BCUT2D eigenvalue weighted by atomic mass is 9.89. The first-order valence-electron chi connectivity index (χ1n) is 11.0. The summed E-state index contributed by atoms with van der Waals surface area (Å²) in [5.74, 6) is -0.869. The Morgan fingerprint density at radius 3 is 2.54 bits per heavy atom. The van der Waals surface area contributed by atoms with Crippen LogP contribution in [-0.4, -0.2) is 41.7 Å². The third kappa shape index (κ3) is 5.01.